The normalized spacial score (nSPS) is 21.9. The first kappa shape index (κ1) is 15.0. The summed E-state index contributed by atoms with van der Waals surface area (Å²) < 4.78 is 0. The quantitative estimate of drug-likeness (QED) is 0.690. The van der Waals surface area contributed by atoms with Gasteiger partial charge in [0.05, 0.1) is 11.0 Å². The van der Waals surface area contributed by atoms with E-state index >= 15 is 0 Å². The zero-order valence-electron chi connectivity index (χ0n) is 11.3. The molecule has 0 aliphatic heterocycles. The number of nitrogens with two attached hydrogens (primary N) is 1. The van der Waals surface area contributed by atoms with E-state index in [1.165, 1.54) is 0 Å². The van der Waals surface area contributed by atoms with Crippen LogP contribution in [0.4, 0.5) is 0 Å². The highest BCUT2D eigenvalue weighted by Gasteiger charge is 2.40. The molecule has 1 aliphatic rings. The van der Waals surface area contributed by atoms with Crippen molar-refractivity contribution < 1.29 is 14.7 Å². The van der Waals surface area contributed by atoms with Crippen molar-refractivity contribution >= 4 is 11.9 Å². The zero-order chi connectivity index (χ0) is 13.8. The highest BCUT2D eigenvalue weighted by Crippen LogP contribution is 2.36. The van der Waals surface area contributed by atoms with Gasteiger partial charge in [-0.1, -0.05) is 26.2 Å². The highest BCUT2D eigenvalue weighted by atomic mass is 16.4. The van der Waals surface area contributed by atoms with Crippen LogP contribution >= 0.6 is 0 Å². The van der Waals surface area contributed by atoms with Crippen molar-refractivity contribution in [1.82, 2.24) is 5.32 Å². The molecule has 0 radical (unpaired) electrons. The number of aliphatic carboxylic acids is 1. The maximum absolute atomic E-state index is 11.9. The minimum atomic E-state index is -0.922. The molecule has 0 heterocycles. The minimum Gasteiger partial charge on any atom is -0.481 e. The molecule has 104 valence electrons. The fraction of sp³-hybridized carbons (Fsp3) is 0.846. The molecule has 0 aromatic rings. The van der Waals surface area contributed by atoms with Crippen LogP contribution in [0.15, 0.2) is 0 Å². The van der Waals surface area contributed by atoms with Gasteiger partial charge in [0.25, 0.3) is 0 Å². The van der Waals surface area contributed by atoms with Crippen molar-refractivity contribution in [2.75, 3.05) is 6.54 Å². The lowest BCUT2D eigenvalue weighted by Crippen LogP contribution is -2.54. The van der Waals surface area contributed by atoms with E-state index in [9.17, 15) is 14.7 Å². The van der Waals surface area contributed by atoms with Gasteiger partial charge in [-0.15, -0.1) is 0 Å². The van der Waals surface area contributed by atoms with Crippen molar-refractivity contribution in [3.8, 4) is 0 Å². The van der Waals surface area contributed by atoms with Crippen molar-refractivity contribution in [3.63, 3.8) is 0 Å². The SMILES string of the molecule is CCC(C)(N)C(=O)NCC1(C(=O)O)CCCCC1. The predicted molar refractivity (Wildman–Crippen MR) is 69.0 cm³/mol. The van der Waals surface area contributed by atoms with Crippen LogP contribution in [-0.2, 0) is 9.59 Å². The lowest BCUT2D eigenvalue weighted by molar-refractivity contribution is -0.151. The number of rotatable bonds is 5. The van der Waals surface area contributed by atoms with Crippen LogP contribution in [0.3, 0.4) is 0 Å². The summed E-state index contributed by atoms with van der Waals surface area (Å²) in [7, 11) is 0. The molecule has 1 unspecified atom stereocenters. The molecule has 18 heavy (non-hydrogen) atoms. The fourth-order valence-corrected chi connectivity index (χ4v) is 2.31. The van der Waals surface area contributed by atoms with E-state index in [-0.39, 0.29) is 12.5 Å². The Labute approximate surface area is 108 Å². The van der Waals surface area contributed by atoms with Crippen LogP contribution in [-0.4, -0.2) is 29.1 Å². The third-order valence-corrected chi connectivity index (χ3v) is 4.10. The summed E-state index contributed by atoms with van der Waals surface area (Å²) in [6.07, 6.45) is 4.70. The smallest absolute Gasteiger partial charge is 0.311 e. The van der Waals surface area contributed by atoms with Crippen LogP contribution in [0, 0.1) is 5.41 Å². The predicted octanol–water partition coefficient (Wildman–Crippen LogP) is 1.27. The molecule has 1 fully saturated rings. The Morgan fingerprint density at radius 1 is 1.33 bits per heavy atom. The Hall–Kier alpha value is -1.10. The van der Waals surface area contributed by atoms with Crippen molar-refractivity contribution in [2.45, 2.75) is 57.9 Å². The lowest BCUT2D eigenvalue weighted by Gasteiger charge is -2.34. The third kappa shape index (κ3) is 3.22. The second-order valence-corrected chi connectivity index (χ2v) is 5.60. The topological polar surface area (TPSA) is 92.4 Å². The van der Waals surface area contributed by atoms with Crippen LogP contribution in [0.2, 0.25) is 0 Å². The summed E-state index contributed by atoms with van der Waals surface area (Å²) in [6, 6.07) is 0. The molecule has 5 nitrogen and oxygen atoms in total. The molecular weight excluding hydrogens is 232 g/mol. The second-order valence-electron chi connectivity index (χ2n) is 5.60. The molecule has 0 aromatic carbocycles. The maximum Gasteiger partial charge on any atom is 0.311 e. The maximum atomic E-state index is 11.9. The average molecular weight is 256 g/mol. The van der Waals surface area contributed by atoms with Gasteiger partial charge in [-0.3, -0.25) is 9.59 Å². The number of carbonyl (C=O) groups is 2. The summed E-state index contributed by atoms with van der Waals surface area (Å²) in [5.74, 6) is -1.08. The van der Waals surface area contributed by atoms with Gasteiger partial charge in [-0.05, 0) is 26.2 Å². The first-order valence-electron chi connectivity index (χ1n) is 6.65. The van der Waals surface area contributed by atoms with Gasteiger partial charge < -0.3 is 16.2 Å². The van der Waals surface area contributed by atoms with Crippen LogP contribution in [0.25, 0.3) is 0 Å². The molecule has 0 aromatic heterocycles. The molecule has 1 atom stereocenters. The molecule has 1 saturated carbocycles. The summed E-state index contributed by atoms with van der Waals surface area (Å²) in [4.78, 5) is 23.3. The Bertz CT molecular complexity index is 320. The number of carboxylic acids is 1. The Morgan fingerprint density at radius 3 is 2.33 bits per heavy atom. The number of nitrogens with one attached hydrogen (secondary N) is 1. The molecule has 1 amide bonds. The standard InChI is InChI=1S/C13H24N2O3/c1-3-12(2,14)10(16)15-9-13(11(17)18)7-5-4-6-8-13/h3-9,14H2,1-2H3,(H,15,16)(H,17,18). The van der Waals surface area contributed by atoms with Gasteiger partial charge in [0, 0.05) is 6.54 Å². The van der Waals surface area contributed by atoms with Gasteiger partial charge >= 0.3 is 5.97 Å². The first-order chi connectivity index (χ1) is 8.34. The summed E-state index contributed by atoms with van der Waals surface area (Å²) in [5.41, 5.74) is 4.12. The minimum absolute atomic E-state index is 0.188. The Balaban J connectivity index is 2.64. The number of amides is 1. The average Bonchev–Trinajstić information content (AvgIpc) is 2.36. The van der Waals surface area contributed by atoms with Gasteiger partial charge in [0.2, 0.25) is 5.91 Å². The van der Waals surface area contributed by atoms with Crippen LogP contribution in [0.1, 0.15) is 52.4 Å². The van der Waals surface area contributed by atoms with Gasteiger partial charge in [0.15, 0.2) is 0 Å². The molecule has 0 saturated heterocycles. The molecular formula is C13H24N2O3. The van der Waals surface area contributed by atoms with Crippen molar-refractivity contribution in [1.29, 1.82) is 0 Å². The Morgan fingerprint density at radius 2 is 1.89 bits per heavy atom. The molecule has 1 aliphatic carbocycles. The summed E-state index contributed by atoms with van der Waals surface area (Å²) in [6.45, 7) is 3.69. The van der Waals surface area contributed by atoms with E-state index in [0.717, 1.165) is 19.3 Å². The fourth-order valence-electron chi connectivity index (χ4n) is 2.31. The lowest BCUT2D eigenvalue weighted by atomic mass is 9.74. The van der Waals surface area contributed by atoms with Crippen molar-refractivity contribution in [2.24, 2.45) is 11.1 Å². The van der Waals surface area contributed by atoms with Gasteiger partial charge in [-0.25, -0.2) is 0 Å². The van der Waals surface area contributed by atoms with Gasteiger partial charge in [0.1, 0.15) is 0 Å². The number of carbonyl (C=O) groups excluding carboxylic acids is 1. The molecule has 0 spiro atoms. The van der Waals surface area contributed by atoms with E-state index in [0.29, 0.717) is 19.3 Å². The van der Waals surface area contributed by atoms with Crippen molar-refractivity contribution in [3.05, 3.63) is 0 Å². The van der Waals surface area contributed by atoms with Gasteiger partial charge in [-0.2, -0.15) is 0 Å². The zero-order valence-corrected chi connectivity index (χ0v) is 11.3. The van der Waals surface area contributed by atoms with E-state index < -0.39 is 16.9 Å². The molecule has 1 rings (SSSR count). The molecule has 0 bridgehead atoms. The van der Waals surface area contributed by atoms with E-state index in [1.807, 2.05) is 6.92 Å². The third-order valence-electron chi connectivity index (χ3n) is 4.10. The Kier molecular flexibility index (Phi) is 4.73. The van der Waals surface area contributed by atoms with Crippen LogP contribution in [0.5, 0.6) is 0 Å². The highest BCUT2D eigenvalue weighted by molar-refractivity contribution is 5.86. The summed E-state index contributed by atoms with van der Waals surface area (Å²) in [5, 5.41) is 12.1. The van der Waals surface area contributed by atoms with E-state index in [1.54, 1.807) is 6.92 Å². The number of hydrogen-bond acceptors (Lipinski definition) is 3. The number of hydrogen-bond donors (Lipinski definition) is 3. The molecule has 5 heteroatoms. The first-order valence-corrected chi connectivity index (χ1v) is 6.65. The number of carboxylic acid groups (broad SMARTS) is 1. The monoisotopic (exact) mass is 256 g/mol. The second kappa shape index (κ2) is 5.69. The molecule has 4 N–H and O–H groups in total. The van der Waals surface area contributed by atoms with E-state index in [2.05, 4.69) is 5.32 Å². The summed E-state index contributed by atoms with van der Waals surface area (Å²) >= 11 is 0. The van der Waals surface area contributed by atoms with Crippen LogP contribution < -0.4 is 11.1 Å². The largest absolute Gasteiger partial charge is 0.481 e. The van der Waals surface area contributed by atoms with E-state index in [4.69, 9.17) is 5.73 Å².